The molecule has 0 bridgehead atoms. The lowest BCUT2D eigenvalue weighted by Gasteiger charge is -2.29. The van der Waals surface area contributed by atoms with Crippen molar-refractivity contribution in [2.75, 3.05) is 0 Å². The first-order chi connectivity index (χ1) is 12.2. The molecular formula is C20H14Cl2N2S. The largest absolute Gasteiger partial charge is 0.316 e. The summed E-state index contributed by atoms with van der Waals surface area (Å²) in [4.78, 5) is 6.91. The lowest BCUT2D eigenvalue weighted by Crippen LogP contribution is -2.27. The Balaban J connectivity index is 1.64. The van der Waals surface area contributed by atoms with Crippen LogP contribution in [0.3, 0.4) is 0 Å². The van der Waals surface area contributed by atoms with E-state index in [-0.39, 0.29) is 6.04 Å². The summed E-state index contributed by atoms with van der Waals surface area (Å²) in [5.74, 6) is 0. The number of hydrogen-bond acceptors (Lipinski definition) is 3. The number of fused-ring (bicyclic) bond motifs is 1. The van der Waals surface area contributed by atoms with Crippen LogP contribution in [0.5, 0.6) is 0 Å². The molecule has 0 saturated carbocycles. The van der Waals surface area contributed by atoms with Gasteiger partial charge >= 0.3 is 0 Å². The number of hydrogen-bond donors (Lipinski definition) is 0. The summed E-state index contributed by atoms with van der Waals surface area (Å²) >= 11 is 13.6. The zero-order valence-corrected chi connectivity index (χ0v) is 15.5. The number of benzene rings is 2. The average Bonchev–Trinajstić information content (AvgIpc) is 3.10. The quantitative estimate of drug-likeness (QED) is 0.598. The number of nitrogens with zero attached hydrogens (tertiary/aromatic N) is 2. The summed E-state index contributed by atoms with van der Waals surface area (Å²) in [5, 5.41) is 4.52. The molecule has 1 unspecified atom stereocenters. The summed E-state index contributed by atoms with van der Waals surface area (Å²) in [6, 6.07) is 15.8. The molecule has 0 fully saturated rings. The van der Waals surface area contributed by atoms with Crippen LogP contribution in [0.2, 0.25) is 10.0 Å². The Kier molecular flexibility index (Phi) is 4.71. The van der Waals surface area contributed by atoms with E-state index >= 15 is 0 Å². The van der Waals surface area contributed by atoms with Crippen molar-refractivity contribution < 1.29 is 0 Å². The predicted molar refractivity (Wildman–Crippen MR) is 109 cm³/mol. The van der Waals surface area contributed by atoms with E-state index in [9.17, 15) is 0 Å². The molecule has 124 valence electrons. The van der Waals surface area contributed by atoms with Crippen LogP contribution in [0.4, 0.5) is 0 Å². The minimum absolute atomic E-state index is 0.112. The first-order valence-electron chi connectivity index (χ1n) is 7.80. The molecule has 0 N–H and O–H groups in total. The number of halogens is 2. The van der Waals surface area contributed by atoms with E-state index in [1.165, 1.54) is 5.56 Å². The highest BCUT2D eigenvalue weighted by molar-refractivity contribution is 8.16. The number of aliphatic imine (C=N–C) groups is 1. The van der Waals surface area contributed by atoms with Crippen LogP contribution in [0.15, 0.2) is 83.0 Å². The molecule has 0 amide bonds. The molecule has 1 atom stereocenters. The number of allylic oxidation sites excluding steroid dienone is 1. The van der Waals surface area contributed by atoms with Gasteiger partial charge in [-0.1, -0.05) is 65.3 Å². The topological polar surface area (TPSA) is 15.6 Å². The van der Waals surface area contributed by atoms with Gasteiger partial charge in [-0.3, -0.25) is 0 Å². The van der Waals surface area contributed by atoms with Crippen LogP contribution in [0, 0.1) is 0 Å². The third-order valence-electron chi connectivity index (χ3n) is 4.00. The van der Waals surface area contributed by atoms with E-state index in [1.54, 1.807) is 11.8 Å². The summed E-state index contributed by atoms with van der Waals surface area (Å²) in [5.41, 5.74) is 3.21. The Labute approximate surface area is 161 Å². The monoisotopic (exact) mass is 384 g/mol. The summed E-state index contributed by atoms with van der Waals surface area (Å²) in [6.45, 7) is 0. The highest BCUT2D eigenvalue weighted by Gasteiger charge is 2.27. The van der Waals surface area contributed by atoms with Crippen molar-refractivity contribution >= 4 is 46.2 Å². The molecular weight excluding hydrogens is 371 g/mol. The van der Waals surface area contributed by atoms with E-state index in [0.29, 0.717) is 0 Å². The Morgan fingerprint density at radius 1 is 0.920 bits per heavy atom. The summed E-state index contributed by atoms with van der Waals surface area (Å²) in [7, 11) is 0. The first kappa shape index (κ1) is 16.5. The van der Waals surface area contributed by atoms with Gasteiger partial charge in [0.05, 0.1) is 11.7 Å². The van der Waals surface area contributed by atoms with Gasteiger partial charge < -0.3 is 4.90 Å². The molecule has 4 rings (SSSR count). The molecule has 2 aliphatic rings. The first-order valence-corrected chi connectivity index (χ1v) is 9.44. The minimum atomic E-state index is 0.112. The maximum Gasteiger partial charge on any atom is 0.173 e. The predicted octanol–water partition coefficient (Wildman–Crippen LogP) is 6.52. The van der Waals surface area contributed by atoms with Crippen LogP contribution in [0.1, 0.15) is 17.2 Å². The van der Waals surface area contributed by atoms with Gasteiger partial charge in [0, 0.05) is 16.2 Å². The van der Waals surface area contributed by atoms with E-state index in [0.717, 1.165) is 26.5 Å². The number of amidine groups is 1. The standard InChI is InChI=1S/C20H14Cl2N2S/c21-16-6-1-14(2-7-16)3-10-18-13-19(15-4-8-17(22)9-5-15)24-11-12-25-20(24)23-18/h1-13,19H/b10-3+. The van der Waals surface area contributed by atoms with Gasteiger partial charge in [-0.2, -0.15) is 0 Å². The Bertz CT molecular complexity index is 896. The average molecular weight is 385 g/mol. The van der Waals surface area contributed by atoms with Crippen LogP contribution in [0.25, 0.3) is 6.08 Å². The van der Waals surface area contributed by atoms with Gasteiger partial charge in [-0.05, 0) is 53.0 Å². The van der Waals surface area contributed by atoms with Crippen molar-refractivity contribution in [2.24, 2.45) is 4.99 Å². The normalized spacial score (nSPS) is 19.1. The molecule has 2 heterocycles. The molecule has 0 aromatic heterocycles. The fourth-order valence-corrected chi connectivity index (χ4v) is 3.75. The van der Waals surface area contributed by atoms with Crippen LogP contribution < -0.4 is 0 Å². The van der Waals surface area contributed by atoms with Gasteiger partial charge in [-0.15, -0.1) is 0 Å². The van der Waals surface area contributed by atoms with E-state index in [4.69, 9.17) is 28.2 Å². The summed E-state index contributed by atoms with van der Waals surface area (Å²) in [6.07, 6.45) is 8.32. The second-order valence-corrected chi connectivity index (χ2v) is 7.42. The molecule has 5 heteroatoms. The van der Waals surface area contributed by atoms with Crippen molar-refractivity contribution in [1.82, 2.24) is 4.90 Å². The van der Waals surface area contributed by atoms with Gasteiger partial charge in [0.2, 0.25) is 0 Å². The van der Waals surface area contributed by atoms with Crippen LogP contribution >= 0.6 is 35.0 Å². The van der Waals surface area contributed by atoms with Crippen molar-refractivity contribution in [3.8, 4) is 0 Å². The Morgan fingerprint density at radius 2 is 1.60 bits per heavy atom. The van der Waals surface area contributed by atoms with Gasteiger partial charge in [0.1, 0.15) is 0 Å². The Morgan fingerprint density at radius 3 is 2.32 bits per heavy atom. The van der Waals surface area contributed by atoms with Crippen molar-refractivity contribution in [3.05, 3.63) is 99.2 Å². The van der Waals surface area contributed by atoms with Crippen molar-refractivity contribution in [2.45, 2.75) is 6.04 Å². The van der Waals surface area contributed by atoms with Crippen molar-refractivity contribution in [3.63, 3.8) is 0 Å². The zero-order valence-electron chi connectivity index (χ0n) is 13.1. The maximum absolute atomic E-state index is 6.03. The van der Waals surface area contributed by atoms with Gasteiger partial charge in [0.15, 0.2) is 5.17 Å². The fourth-order valence-electron chi connectivity index (χ4n) is 2.73. The second-order valence-electron chi connectivity index (χ2n) is 5.68. The van der Waals surface area contributed by atoms with Gasteiger partial charge in [-0.25, -0.2) is 4.99 Å². The highest BCUT2D eigenvalue weighted by Crippen LogP contribution is 2.36. The third-order valence-corrected chi connectivity index (χ3v) is 5.27. The molecule has 0 saturated heterocycles. The van der Waals surface area contributed by atoms with Gasteiger partial charge in [0.25, 0.3) is 0 Å². The molecule has 2 aliphatic heterocycles. The lowest BCUT2D eigenvalue weighted by molar-refractivity contribution is 0.487. The van der Waals surface area contributed by atoms with Crippen molar-refractivity contribution in [1.29, 1.82) is 0 Å². The highest BCUT2D eigenvalue weighted by atomic mass is 35.5. The maximum atomic E-state index is 6.03. The van der Waals surface area contributed by atoms with E-state index in [1.807, 2.05) is 48.6 Å². The SMILES string of the molecule is Clc1ccc(/C=C/C2=CC(c3ccc(Cl)cc3)N3C=CSC3=N2)cc1. The smallest absolute Gasteiger partial charge is 0.173 e. The molecule has 0 spiro atoms. The molecule has 2 nitrogen and oxygen atoms in total. The lowest BCUT2D eigenvalue weighted by atomic mass is 10.0. The van der Waals surface area contributed by atoms with Crippen LogP contribution in [-0.2, 0) is 0 Å². The molecule has 2 aromatic carbocycles. The second kappa shape index (κ2) is 7.12. The van der Waals surface area contributed by atoms with Crippen LogP contribution in [-0.4, -0.2) is 10.1 Å². The fraction of sp³-hybridized carbons (Fsp3) is 0.0500. The molecule has 0 aliphatic carbocycles. The molecule has 2 aromatic rings. The molecule has 0 radical (unpaired) electrons. The minimum Gasteiger partial charge on any atom is -0.316 e. The zero-order chi connectivity index (χ0) is 17.2. The Hall–Kier alpha value is -1.94. The number of rotatable bonds is 3. The van der Waals surface area contributed by atoms with E-state index < -0.39 is 0 Å². The summed E-state index contributed by atoms with van der Waals surface area (Å²) < 4.78 is 0. The van der Waals surface area contributed by atoms with E-state index in [2.05, 4.69) is 34.7 Å². The molecule has 25 heavy (non-hydrogen) atoms. The number of thioether (sulfide) groups is 1. The third kappa shape index (κ3) is 3.69.